The molecule has 0 fully saturated rings. The number of nitrogens with one attached hydrogen (secondary N) is 1. The number of thiazole rings is 1. The van der Waals surface area contributed by atoms with Crippen molar-refractivity contribution in [3.63, 3.8) is 0 Å². The first-order valence-electron chi connectivity index (χ1n) is 10.4. The molecule has 0 bridgehead atoms. The molecule has 0 saturated heterocycles. The molecule has 0 spiro atoms. The van der Waals surface area contributed by atoms with Crippen molar-refractivity contribution in [2.45, 2.75) is 53.0 Å². The number of aryl methyl sites for hydroxylation is 3. The predicted octanol–water partition coefficient (Wildman–Crippen LogP) is 2.63. The van der Waals surface area contributed by atoms with E-state index in [1.54, 1.807) is 21.0 Å². The molecule has 31 heavy (non-hydrogen) atoms. The summed E-state index contributed by atoms with van der Waals surface area (Å²) in [5, 5.41) is 3.68. The molecule has 1 aromatic heterocycles. The van der Waals surface area contributed by atoms with Crippen molar-refractivity contribution >= 4 is 34.8 Å². The van der Waals surface area contributed by atoms with E-state index in [4.69, 9.17) is 11.5 Å². The van der Waals surface area contributed by atoms with Gasteiger partial charge in [0.05, 0.1) is 16.4 Å². The predicted molar refractivity (Wildman–Crippen MR) is 128 cm³/mol. The zero-order chi connectivity index (χ0) is 23.6. The highest BCUT2D eigenvalue weighted by Crippen LogP contribution is 2.22. The van der Waals surface area contributed by atoms with E-state index in [-0.39, 0.29) is 17.8 Å². The van der Waals surface area contributed by atoms with E-state index in [0.717, 1.165) is 29.1 Å². The first kappa shape index (κ1) is 26.1. The minimum absolute atomic E-state index is 0.0185. The highest BCUT2D eigenvalue weighted by molar-refractivity contribution is 7.13. The van der Waals surface area contributed by atoms with Crippen LogP contribution in [0.2, 0.25) is 0 Å². The van der Waals surface area contributed by atoms with Crippen molar-refractivity contribution in [1.29, 1.82) is 0 Å². The Morgan fingerprint density at radius 3 is 2.29 bits per heavy atom. The number of carbonyl (C=O) groups is 2. The molecule has 2 amide bonds. The van der Waals surface area contributed by atoms with Crippen LogP contribution in [0.5, 0.6) is 0 Å². The van der Waals surface area contributed by atoms with Crippen LogP contribution < -0.4 is 16.8 Å². The summed E-state index contributed by atoms with van der Waals surface area (Å²) in [5.41, 5.74) is 13.3. The van der Waals surface area contributed by atoms with Crippen molar-refractivity contribution in [3.8, 4) is 0 Å². The van der Waals surface area contributed by atoms with Gasteiger partial charge in [0.1, 0.15) is 10.9 Å². The summed E-state index contributed by atoms with van der Waals surface area (Å²) in [6, 6.07) is 6.99. The second-order valence-corrected chi connectivity index (χ2v) is 7.95. The maximum Gasteiger partial charge on any atom is 0.263 e. The van der Waals surface area contributed by atoms with Gasteiger partial charge in [-0.2, -0.15) is 0 Å². The van der Waals surface area contributed by atoms with Gasteiger partial charge in [0.25, 0.3) is 5.91 Å². The minimum Gasteiger partial charge on any atom is -0.370 e. The molecule has 5 N–H and O–H groups in total. The van der Waals surface area contributed by atoms with Gasteiger partial charge in [-0.25, -0.2) is 9.98 Å². The molecule has 1 aromatic carbocycles. The zero-order valence-electron chi connectivity index (χ0n) is 19.2. The number of aromatic nitrogens is 1. The number of guanidine groups is 1. The molecule has 0 saturated carbocycles. The van der Waals surface area contributed by atoms with E-state index in [2.05, 4.69) is 15.3 Å². The normalized spacial score (nSPS) is 11.0. The molecule has 170 valence electrons. The standard InChI is InChI=1S/C20H28N6O2S.C2H6/c1-5-16-25-15(11-8-13-6-9-14(10-7-13)24-20(21)22)17(29-16)18(27)23-12(2)19(28)26(3)4;1-2/h6-7,9-10,12H,5,8,11H2,1-4H3,(H,23,27)(H4,21,22,24);1-2H3/t12-;/m0./s1. The van der Waals surface area contributed by atoms with Crippen LogP contribution in [0.4, 0.5) is 5.69 Å². The van der Waals surface area contributed by atoms with Gasteiger partial charge in [0.15, 0.2) is 5.96 Å². The van der Waals surface area contributed by atoms with Crippen molar-refractivity contribution < 1.29 is 9.59 Å². The number of aliphatic imine (C=N–C) groups is 1. The zero-order valence-corrected chi connectivity index (χ0v) is 20.0. The van der Waals surface area contributed by atoms with Crippen LogP contribution in [-0.2, 0) is 24.1 Å². The topological polar surface area (TPSA) is 127 Å². The molecule has 9 heteroatoms. The summed E-state index contributed by atoms with van der Waals surface area (Å²) < 4.78 is 0. The number of hydrogen-bond acceptors (Lipinski definition) is 5. The SMILES string of the molecule is CC.CCc1nc(CCc2ccc(N=C(N)N)cc2)c(C(=O)N[C@@H](C)C(=O)N(C)C)s1. The molecule has 0 aliphatic heterocycles. The summed E-state index contributed by atoms with van der Waals surface area (Å²) >= 11 is 1.38. The van der Waals surface area contributed by atoms with Crippen LogP contribution in [0, 0.1) is 0 Å². The van der Waals surface area contributed by atoms with Gasteiger partial charge in [0, 0.05) is 14.1 Å². The van der Waals surface area contributed by atoms with Crippen molar-refractivity contribution in [2.75, 3.05) is 14.1 Å². The Morgan fingerprint density at radius 1 is 1.16 bits per heavy atom. The molecule has 2 aromatic rings. The first-order chi connectivity index (χ1) is 14.7. The molecular weight excluding hydrogens is 412 g/mol. The van der Waals surface area contributed by atoms with Gasteiger partial charge in [-0.3, -0.25) is 9.59 Å². The molecule has 0 unspecified atom stereocenters. The average molecular weight is 447 g/mol. The van der Waals surface area contributed by atoms with E-state index < -0.39 is 6.04 Å². The lowest BCUT2D eigenvalue weighted by molar-refractivity contribution is -0.130. The second-order valence-electron chi connectivity index (χ2n) is 6.87. The fraction of sp³-hybridized carbons (Fsp3) is 0.455. The van der Waals surface area contributed by atoms with Gasteiger partial charge in [-0.05, 0) is 43.9 Å². The molecule has 2 rings (SSSR count). The van der Waals surface area contributed by atoms with Crippen LogP contribution in [0.15, 0.2) is 29.3 Å². The van der Waals surface area contributed by atoms with Crippen LogP contribution >= 0.6 is 11.3 Å². The lowest BCUT2D eigenvalue weighted by atomic mass is 10.1. The molecular formula is C22H34N6O2S. The van der Waals surface area contributed by atoms with E-state index >= 15 is 0 Å². The third-order valence-electron chi connectivity index (χ3n) is 4.25. The van der Waals surface area contributed by atoms with Crippen LogP contribution in [0.25, 0.3) is 0 Å². The second kappa shape index (κ2) is 12.7. The number of nitrogens with zero attached hydrogens (tertiary/aromatic N) is 3. The largest absolute Gasteiger partial charge is 0.370 e. The lowest BCUT2D eigenvalue weighted by Crippen LogP contribution is -2.44. The Hall–Kier alpha value is -2.94. The monoisotopic (exact) mass is 446 g/mol. The molecule has 0 aliphatic carbocycles. The van der Waals surface area contributed by atoms with Crippen LogP contribution in [0.3, 0.4) is 0 Å². The van der Waals surface area contributed by atoms with Crippen LogP contribution in [0.1, 0.15) is 53.6 Å². The van der Waals surface area contributed by atoms with Gasteiger partial charge in [-0.15, -0.1) is 11.3 Å². The van der Waals surface area contributed by atoms with Crippen molar-refractivity contribution in [2.24, 2.45) is 16.5 Å². The number of hydrogen-bond donors (Lipinski definition) is 3. The van der Waals surface area contributed by atoms with Gasteiger partial charge >= 0.3 is 0 Å². The summed E-state index contributed by atoms with van der Waals surface area (Å²) in [6.45, 7) is 7.69. The minimum atomic E-state index is -0.597. The van der Waals surface area contributed by atoms with E-state index in [9.17, 15) is 9.59 Å². The highest BCUT2D eigenvalue weighted by Gasteiger charge is 2.22. The maximum absolute atomic E-state index is 12.7. The van der Waals surface area contributed by atoms with Gasteiger partial charge < -0.3 is 21.7 Å². The number of likely N-dealkylation sites (N-methyl/N-ethyl adjacent to an activating group) is 1. The molecule has 0 radical (unpaired) electrons. The Kier molecular flexibility index (Phi) is 10.7. The number of nitrogens with two attached hydrogens (primary N) is 2. The highest BCUT2D eigenvalue weighted by atomic mass is 32.1. The quantitative estimate of drug-likeness (QED) is 0.424. The summed E-state index contributed by atoms with van der Waals surface area (Å²) in [6.07, 6.45) is 2.10. The Labute approximate surface area is 188 Å². The van der Waals surface area contributed by atoms with E-state index in [0.29, 0.717) is 17.0 Å². The van der Waals surface area contributed by atoms with Crippen LogP contribution in [-0.4, -0.2) is 47.8 Å². The fourth-order valence-electron chi connectivity index (χ4n) is 2.76. The maximum atomic E-state index is 12.7. The molecule has 8 nitrogen and oxygen atoms in total. The van der Waals surface area contributed by atoms with Crippen molar-refractivity contribution in [3.05, 3.63) is 45.4 Å². The summed E-state index contributed by atoms with van der Waals surface area (Å²) in [7, 11) is 3.33. The third-order valence-corrected chi connectivity index (χ3v) is 5.49. The number of rotatable bonds is 8. The molecule has 1 atom stereocenters. The number of carbonyl (C=O) groups excluding carboxylic acids is 2. The Bertz CT molecular complexity index is 886. The summed E-state index contributed by atoms with van der Waals surface area (Å²) in [4.78, 5) is 35.4. The molecule has 1 heterocycles. The fourth-order valence-corrected chi connectivity index (χ4v) is 3.71. The Morgan fingerprint density at radius 2 is 1.77 bits per heavy atom. The van der Waals surface area contributed by atoms with Crippen molar-refractivity contribution in [1.82, 2.24) is 15.2 Å². The Balaban J connectivity index is 0.00000233. The number of amides is 2. The average Bonchev–Trinajstić information content (AvgIpc) is 3.17. The van der Waals surface area contributed by atoms with Gasteiger partial charge in [0.2, 0.25) is 5.91 Å². The lowest BCUT2D eigenvalue weighted by Gasteiger charge is -2.17. The van der Waals surface area contributed by atoms with Gasteiger partial charge in [-0.1, -0.05) is 32.9 Å². The van der Waals surface area contributed by atoms with E-state index in [1.165, 1.54) is 16.2 Å². The number of benzene rings is 1. The first-order valence-corrected chi connectivity index (χ1v) is 11.2. The summed E-state index contributed by atoms with van der Waals surface area (Å²) in [5.74, 6) is -0.394. The smallest absolute Gasteiger partial charge is 0.263 e. The third kappa shape index (κ3) is 8.01. The van der Waals surface area contributed by atoms with E-state index in [1.807, 2.05) is 45.0 Å². The molecule has 0 aliphatic rings.